The number of hydrogen-bond donors (Lipinski definition) is 0. The molecule has 31 heavy (non-hydrogen) atoms. The van der Waals surface area contributed by atoms with Gasteiger partial charge in [-0.1, -0.05) is 35.3 Å². The van der Waals surface area contributed by atoms with Crippen LogP contribution in [-0.4, -0.2) is 10.7 Å². The number of nitrogens with zero attached hydrogens (tertiary/aromatic N) is 1. The number of benzene rings is 2. The van der Waals surface area contributed by atoms with E-state index in [0.717, 1.165) is 0 Å². The second-order valence-electron chi connectivity index (χ2n) is 6.46. The molecule has 2 aromatic carbocycles. The summed E-state index contributed by atoms with van der Waals surface area (Å²) in [5.41, 5.74) is 0.871. The van der Waals surface area contributed by atoms with Crippen molar-refractivity contribution in [1.82, 2.24) is 0 Å². The summed E-state index contributed by atoms with van der Waals surface area (Å²) in [5, 5.41) is 12.1. The lowest BCUT2D eigenvalue weighted by atomic mass is 10.1. The fraction of sp³-hybridized carbons (Fsp3) is 0. The maximum atomic E-state index is 12.5. The quantitative estimate of drug-likeness (QED) is 0.132. The maximum absolute atomic E-state index is 12.5. The standard InChI is InChI=1S/C23H13Cl2NO5/c24-14-5-8-18(25)17(13-14)22-11-12-23(31-22)20(27)9-6-15-7-10-21(30-15)16-3-1-2-4-19(16)26(28)29/h1-13H. The van der Waals surface area contributed by atoms with E-state index in [1.807, 2.05) is 0 Å². The lowest BCUT2D eigenvalue weighted by Crippen LogP contribution is -1.90. The molecule has 0 bridgehead atoms. The molecule has 0 N–H and O–H groups in total. The van der Waals surface area contributed by atoms with E-state index in [4.69, 9.17) is 32.0 Å². The van der Waals surface area contributed by atoms with Crippen LogP contribution >= 0.6 is 23.2 Å². The van der Waals surface area contributed by atoms with Crippen molar-refractivity contribution in [2.75, 3.05) is 0 Å². The van der Waals surface area contributed by atoms with E-state index >= 15 is 0 Å². The van der Waals surface area contributed by atoms with E-state index < -0.39 is 4.92 Å². The van der Waals surface area contributed by atoms with E-state index in [1.165, 1.54) is 18.2 Å². The Balaban J connectivity index is 1.53. The number of nitro groups is 1. The Labute approximate surface area is 186 Å². The third kappa shape index (κ3) is 4.45. The summed E-state index contributed by atoms with van der Waals surface area (Å²) in [6.45, 7) is 0. The van der Waals surface area contributed by atoms with Gasteiger partial charge in [-0.25, -0.2) is 0 Å². The van der Waals surface area contributed by atoms with Gasteiger partial charge in [-0.05, 0) is 60.7 Å². The van der Waals surface area contributed by atoms with Crippen LogP contribution in [-0.2, 0) is 0 Å². The molecule has 0 aliphatic carbocycles. The summed E-state index contributed by atoms with van der Waals surface area (Å²) in [4.78, 5) is 23.2. The fourth-order valence-electron chi connectivity index (χ4n) is 2.97. The molecule has 2 aromatic heterocycles. The van der Waals surface area contributed by atoms with Gasteiger partial charge in [-0.3, -0.25) is 14.9 Å². The van der Waals surface area contributed by atoms with Gasteiger partial charge in [0.25, 0.3) is 5.69 Å². The molecule has 154 valence electrons. The topological polar surface area (TPSA) is 86.5 Å². The number of hydrogen-bond acceptors (Lipinski definition) is 5. The van der Waals surface area contributed by atoms with Gasteiger partial charge in [0.05, 0.1) is 15.5 Å². The first-order valence-electron chi connectivity index (χ1n) is 9.03. The molecule has 0 atom stereocenters. The molecule has 0 spiro atoms. The van der Waals surface area contributed by atoms with E-state index in [-0.39, 0.29) is 17.2 Å². The van der Waals surface area contributed by atoms with Gasteiger partial charge in [0.15, 0.2) is 5.76 Å². The van der Waals surface area contributed by atoms with Crippen molar-refractivity contribution < 1.29 is 18.6 Å². The van der Waals surface area contributed by atoms with E-state index in [9.17, 15) is 14.9 Å². The smallest absolute Gasteiger partial charge is 0.280 e. The zero-order valence-electron chi connectivity index (χ0n) is 15.7. The minimum absolute atomic E-state index is 0.0637. The van der Waals surface area contributed by atoms with Gasteiger partial charge >= 0.3 is 0 Å². The highest BCUT2D eigenvalue weighted by atomic mass is 35.5. The number of carbonyl (C=O) groups is 1. The van der Waals surface area contributed by atoms with Crippen molar-refractivity contribution >= 4 is 40.7 Å². The summed E-state index contributed by atoms with van der Waals surface area (Å²) in [7, 11) is 0. The minimum atomic E-state index is -0.475. The first-order valence-corrected chi connectivity index (χ1v) is 9.79. The van der Waals surface area contributed by atoms with Crippen LogP contribution in [0.1, 0.15) is 16.3 Å². The van der Waals surface area contributed by atoms with E-state index in [0.29, 0.717) is 38.5 Å². The molecule has 4 aromatic rings. The van der Waals surface area contributed by atoms with Crippen molar-refractivity contribution in [3.8, 4) is 22.6 Å². The van der Waals surface area contributed by atoms with Crippen LogP contribution in [0.5, 0.6) is 0 Å². The molecule has 0 saturated carbocycles. The highest BCUT2D eigenvalue weighted by molar-refractivity contribution is 6.35. The molecule has 0 unspecified atom stereocenters. The first-order chi connectivity index (χ1) is 14.9. The predicted octanol–water partition coefficient (Wildman–Crippen LogP) is 7.32. The third-order valence-electron chi connectivity index (χ3n) is 4.43. The van der Waals surface area contributed by atoms with Crippen molar-refractivity contribution in [2.45, 2.75) is 0 Å². The summed E-state index contributed by atoms with van der Waals surface area (Å²) in [6, 6.07) is 17.6. The number of furan rings is 2. The number of halogens is 2. The van der Waals surface area contributed by atoms with Gasteiger partial charge in [0.2, 0.25) is 5.78 Å². The molecular formula is C23H13Cl2NO5. The number of nitro benzene ring substituents is 1. The van der Waals surface area contributed by atoms with Gasteiger partial charge in [-0.15, -0.1) is 0 Å². The lowest BCUT2D eigenvalue weighted by Gasteiger charge is -2.01. The molecule has 0 fully saturated rings. The highest BCUT2D eigenvalue weighted by Crippen LogP contribution is 2.33. The summed E-state index contributed by atoms with van der Waals surface area (Å²) < 4.78 is 11.3. The third-order valence-corrected chi connectivity index (χ3v) is 5.00. The molecule has 0 amide bonds. The number of para-hydroxylation sites is 1. The normalized spacial score (nSPS) is 11.2. The monoisotopic (exact) mass is 453 g/mol. The lowest BCUT2D eigenvalue weighted by molar-refractivity contribution is -0.384. The van der Waals surface area contributed by atoms with Crippen LogP contribution in [0.15, 0.2) is 81.6 Å². The van der Waals surface area contributed by atoms with Crippen LogP contribution in [0.25, 0.3) is 28.7 Å². The Kier molecular flexibility index (Phi) is 5.75. The van der Waals surface area contributed by atoms with Gasteiger partial charge in [0.1, 0.15) is 17.3 Å². The van der Waals surface area contributed by atoms with Crippen LogP contribution in [0, 0.1) is 10.1 Å². The fourth-order valence-corrected chi connectivity index (χ4v) is 3.35. The summed E-state index contributed by atoms with van der Waals surface area (Å²) in [6.07, 6.45) is 2.76. The maximum Gasteiger partial charge on any atom is 0.280 e. The molecule has 0 aliphatic rings. The molecule has 2 heterocycles. The second kappa shape index (κ2) is 8.63. The molecule has 8 heteroatoms. The largest absolute Gasteiger partial charge is 0.456 e. The second-order valence-corrected chi connectivity index (χ2v) is 7.31. The van der Waals surface area contributed by atoms with Crippen molar-refractivity contribution in [1.29, 1.82) is 0 Å². The average molecular weight is 454 g/mol. The Morgan fingerprint density at radius 3 is 2.45 bits per heavy atom. The van der Waals surface area contributed by atoms with E-state index in [2.05, 4.69) is 0 Å². The zero-order chi connectivity index (χ0) is 22.0. The number of allylic oxidation sites excluding steroid dienone is 1. The SMILES string of the molecule is O=C(C=Cc1ccc(-c2ccccc2[N+](=O)[O-])o1)c1ccc(-c2cc(Cl)ccc2Cl)o1. The van der Waals surface area contributed by atoms with Crippen LogP contribution in [0.2, 0.25) is 10.0 Å². The van der Waals surface area contributed by atoms with Crippen LogP contribution in [0.4, 0.5) is 5.69 Å². The van der Waals surface area contributed by atoms with Crippen LogP contribution in [0.3, 0.4) is 0 Å². The molecule has 0 saturated heterocycles. The zero-order valence-corrected chi connectivity index (χ0v) is 17.3. The number of rotatable bonds is 6. The Morgan fingerprint density at radius 2 is 1.65 bits per heavy atom. The summed E-state index contributed by atoms with van der Waals surface area (Å²) >= 11 is 12.2. The summed E-state index contributed by atoms with van der Waals surface area (Å²) in [5.74, 6) is 0.850. The predicted molar refractivity (Wildman–Crippen MR) is 118 cm³/mol. The van der Waals surface area contributed by atoms with Gasteiger partial charge < -0.3 is 8.83 Å². The van der Waals surface area contributed by atoms with E-state index in [1.54, 1.807) is 60.7 Å². The first kappa shape index (κ1) is 20.7. The molecule has 0 aliphatic heterocycles. The molecular weight excluding hydrogens is 441 g/mol. The highest BCUT2D eigenvalue weighted by Gasteiger charge is 2.17. The van der Waals surface area contributed by atoms with Crippen molar-refractivity contribution in [3.63, 3.8) is 0 Å². The van der Waals surface area contributed by atoms with Crippen LogP contribution < -0.4 is 0 Å². The van der Waals surface area contributed by atoms with Gasteiger partial charge in [0, 0.05) is 16.7 Å². The Bertz CT molecular complexity index is 1320. The van der Waals surface area contributed by atoms with Crippen molar-refractivity contribution in [3.05, 3.63) is 104 Å². The molecule has 4 rings (SSSR count). The number of ketones is 1. The Morgan fingerprint density at radius 1 is 0.903 bits per heavy atom. The van der Waals surface area contributed by atoms with Gasteiger partial charge in [-0.2, -0.15) is 0 Å². The minimum Gasteiger partial charge on any atom is -0.456 e. The van der Waals surface area contributed by atoms with Crippen molar-refractivity contribution in [2.24, 2.45) is 0 Å². The Hall–Kier alpha value is -3.61. The molecule has 0 radical (unpaired) electrons. The number of carbonyl (C=O) groups excluding carboxylic acids is 1. The average Bonchev–Trinajstić information content (AvgIpc) is 3.44. The molecule has 6 nitrogen and oxygen atoms in total.